The Balaban J connectivity index is 1.13. The molecule has 0 saturated heterocycles. The van der Waals surface area contributed by atoms with Crippen molar-refractivity contribution < 1.29 is 4.42 Å². The van der Waals surface area contributed by atoms with Crippen molar-refractivity contribution in [2.24, 2.45) is 0 Å². The van der Waals surface area contributed by atoms with Gasteiger partial charge in [0.25, 0.3) is 0 Å². The quantitative estimate of drug-likeness (QED) is 0.190. The van der Waals surface area contributed by atoms with Crippen molar-refractivity contribution in [2.45, 2.75) is 0 Å². The van der Waals surface area contributed by atoms with Crippen molar-refractivity contribution in [2.75, 3.05) is 0 Å². The van der Waals surface area contributed by atoms with Crippen LogP contribution in [0.25, 0.3) is 99.7 Å². The number of furan rings is 1. The number of fused-ring (bicyclic) bond motifs is 9. The highest BCUT2D eigenvalue weighted by atomic mass is 16.3. The molecule has 0 bridgehead atoms. The minimum Gasteiger partial charge on any atom is -0.437 e. The van der Waals surface area contributed by atoms with E-state index < -0.39 is 0 Å². The molecule has 0 N–H and O–H groups in total. The highest BCUT2D eigenvalue weighted by Gasteiger charge is 2.21. The molecule has 4 aromatic heterocycles. The van der Waals surface area contributed by atoms with Gasteiger partial charge in [-0.25, -0.2) is 4.98 Å². The monoisotopic (exact) mass is 652 g/mol. The first-order chi connectivity index (χ1) is 25.3. The number of hydrogen-bond donors (Lipinski definition) is 0. The number of hydrogen-bond acceptors (Lipinski definition) is 3. The van der Waals surface area contributed by atoms with E-state index >= 15 is 0 Å². The molecular weight excluding hydrogens is 625 g/mol. The smallest absolute Gasteiger partial charge is 0.238 e. The van der Waals surface area contributed by atoms with Crippen molar-refractivity contribution in [3.05, 3.63) is 170 Å². The molecule has 11 aromatic rings. The molecule has 5 heteroatoms. The lowest BCUT2D eigenvalue weighted by molar-refractivity contribution is 0.651. The normalized spacial score (nSPS) is 11.9. The first-order valence-corrected chi connectivity index (χ1v) is 17.2. The average Bonchev–Trinajstić information content (AvgIpc) is 3.85. The van der Waals surface area contributed by atoms with Crippen LogP contribution < -0.4 is 0 Å². The van der Waals surface area contributed by atoms with E-state index in [1.54, 1.807) is 0 Å². The Morgan fingerprint density at radius 1 is 0.392 bits per heavy atom. The Morgan fingerprint density at radius 3 is 1.61 bits per heavy atom. The fourth-order valence-corrected chi connectivity index (χ4v) is 7.89. The van der Waals surface area contributed by atoms with Gasteiger partial charge in [0.05, 0.1) is 33.1 Å². The second kappa shape index (κ2) is 10.8. The molecule has 4 heterocycles. The average molecular weight is 653 g/mol. The summed E-state index contributed by atoms with van der Waals surface area (Å²) in [6, 6.07) is 59.7. The van der Waals surface area contributed by atoms with Crippen molar-refractivity contribution >= 4 is 65.7 Å². The van der Waals surface area contributed by atoms with Gasteiger partial charge in [-0.05, 0) is 65.7 Å². The summed E-state index contributed by atoms with van der Waals surface area (Å²) < 4.78 is 10.9. The zero-order valence-electron chi connectivity index (χ0n) is 27.4. The molecule has 0 unspecified atom stereocenters. The maximum absolute atomic E-state index is 6.38. The predicted octanol–water partition coefficient (Wildman–Crippen LogP) is 11.9. The number of benzene rings is 7. The van der Waals surface area contributed by atoms with E-state index in [1.807, 2.05) is 36.4 Å². The lowest BCUT2D eigenvalue weighted by Crippen LogP contribution is -2.02. The summed E-state index contributed by atoms with van der Waals surface area (Å²) in [7, 11) is 0. The number of rotatable bonds is 4. The van der Waals surface area contributed by atoms with Gasteiger partial charge in [-0.3, -0.25) is 4.57 Å². The van der Waals surface area contributed by atoms with Crippen LogP contribution in [0.5, 0.6) is 0 Å². The van der Waals surface area contributed by atoms with Crippen molar-refractivity contribution in [3.63, 3.8) is 0 Å². The van der Waals surface area contributed by atoms with E-state index in [0.717, 1.165) is 60.7 Å². The molecule has 0 aliphatic rings. The summed E-state index contributed by atoms with van der Waals surface area (Å²) in [5.41, 5.74) is 11.2. The Morgan fingerprint density at radius 2 is 0.922 bits per heavy atom. The van der Waals surface area contributed by atoms with E-state index in [1.165, 1.54) is 27.4 Å². The zero-order chi connectivity index (χ0) is 33.5. The Bertz CT molecular complexity index is 3130. The van der Waals surface area contributed by atoms with Gasteiger partial charge in [0.1, 0.15) is 5.58 Å². The van der Waals surface area contributed by atoms with Gasteiger partial charge < -0.3 is 8.98 Å². The Hall–Kier alpha value is -6.98. The summed E-state index contributed by atoms with van der Waals surface area (Å²) in [6.07, 6.45) is 0. The van der Waals surface area contributed by atoms with E-state index in [-0.39, 0.29) is 0 Å². The van der Waals surface area contributed by atoms with Gasteiger partial charge in [0.15, 0.2) is 0 Å². The molecule has 238 valence electrons. The first kappa shape index (κ1) is 27.9. The Labute approximate surface area is 292 Å². The largest absolute Gasteiger partial charge is 0.437 e. The molecule has 0 saturated carbocycles. The predicted molar refractivity (Wildman–Crippen MR) is 209 cm³/mol. The molecule has 0 spiro atoms. The SMILES string of the molecule is c1ccc(-c2nc(-n3c4ccccc4c4cc(-c5ccc6c(c5)c5ccccc5n6-c5ccccc5)ccc43)nc3oc4ccccc4c23)cc1. The van der Waals surface area contributed by atoms with Crippen LogP contribution >= 0.6 is 0 Å². The standard InChI is InChI=1S/C46H28N4O/c1-3-13-29(14-4-1)44-43-35-19-9-12-22-42(35)51-45(43)48-46(47-44)50-39-21-11-8-18-34(39)37-28-31(24-26-41(37)50)30-23-25-40-36(27-30)33-17-7-10-20-38(33)49(40)32-15-5-2-6-16-32/h1-28H. The van der Waals surface area contributed by atoms with Crippen LogP contribution in [0.15, 0.2) is 174 Å². The summed E-state index contributed by atoms with van der Waals surface area (Å²) >= 11 is 0. The molecule has 7 aromatic carbocycles. The molecule has 51 heavy (non-hydrogen) atoms. The van der Waals surface area contributed by atoms with Crippen LogP contribution in [0, 0.1) is 0 Å². The van der Waals surface area contributed by atoms with E-state index in [9.17, 15) is 0 Å². The molecule has 5 nitrogen and oxygen atoms in total. The van der Waals surface area contributed by atoms with E-state index in [4.69, 9.17) is 14.4 Å². The van der Waals surface area contributed by atoms with Crippen LogP contribution in [0.3, 0.4) is 0 Å². The minimum absolute atomic E-state index is 0.575. The lowest BCUT2D eigenvalue weighted by atomic mass is 10.0. The second-order valence-electron chi connectivity index (χ2n) is 13.0. The third-order valence-corrected chi connectivity index (χ3v) is 10.2. The Kier molecular flexibility index (Phi) is 5.89. The third-order valence-electron chi connectivity index (χ3n) is 10.2. The van der Waals surface area contributed by atoms with E-state index in [0.29, 0.717) is 11.7 Å². The fourth-order valence-electron chi connectivity index (χ4n) is 7.89. The fraction of sp³-hybridized carbons (Fsp3) is 0. The molecule has 0 aliphatic carbocycles. The highest BCUT2D eigenvalue weighted by molar-refractivity contribution is 6.13. The zero-order valence-corrected chi connectivity index (χ0v) is 27.4. The van der Waals surface area contributed by atoms with Crippen molar-refractivity contribution in [1.82, 2.24) is 19.1 Å². The van der Waals surface area contributed by atoms with Crippen LogP contribution in [0.1, 0.15) is 0 Å². The van der Waals surface area contributed by atoms with Gasteiger partial charge in [-0.2, -0.15) is 4.98 Å². The van der Waals surface area contributed by atoms with Crippen LogP contribution in [-0.2, 0) is 0 Å². The molecule has 0 aliphatic heterocycles. The molecular formula is C46H28N4O. The van der Waals surface area contributed by atoms with Crippen LogP contribution in [0.2, 0.25) is 0 Å². The van der Waals surface area contributed by atoms with Crippen molar-refractivity contribution in [3.8, 4) is 34.0 Å². The summed E-state index contributed by atoms with van der Waals surface area (Å²) in [6.45, 7) is 0. The molecule has 0 atom stereocenters. The summed E-state index contributed by atoms with van der Waals surface area (Å²) in [5.74, 6) is 0.578. The van der Waals surface area contributed by atoms with Crippen LogP contribution in [0.4, 0.5) is 0 Å². The van der Waals surface area contributed by atoms with Gasteiger partial charge >= 0.3 is 0 Å². The molecule has 0 amide bonds. The number of nitrogens with zero attached hydrogens (tertiary/aromatic N) is 4. The minimum atomic E-state index is 0.575. The topological polar surface area (TPSA) is 48.8 Å². The van der Waals surface area contributed by atoms with Gasteiger partial charge in [-0.15, -0.1) is 0 Å². The highest BCUT2D eigenvalue weighted by Crippen LogP contribution is 2.40. The summed E-state index contributed by atoms with van der Waals surface area (Å²) in [4.78, 5) is 10.4. The van der Waals surface area contributed by atoms with Gasteiger partial charge in [0, 0.05) is 38.2 Å². The molecule has 0 fully saturated rings. The number of para-hydroxylation sites is 4. The van der Waals surface area contributed by atoms with Crippen molar-refractivity contribution in [1.29, 1.82) is 0 Å². The molecule has 0 radical (unpaired) electrons. The maximum Gasteiger partial charge on any atom is 0.238 e. The summed E-state index contributed by atoms with van der Waals surface area (Å²) in [5, 5.41) is 6.69. The van der Waals surface area contributed by atoms with E-state index in [2.05, 4.69) is 143 Å². The number of aromatic nitrogens is 4. The van der Waals surface area contributed by atoms with Crippen LogP contribution in [-0.4, -0.2) is 19.1 Å². The maximum atomic E-state index is 6.38. The molecule has 11 rings (SSSR count). The lowest BCUT2D eigenvalue weighted by Gasteiger charge is -2.10. The first-order valence-electron chi connectivity index (χ1n) is 17.2. The van der Waals surface area contributed by atoms with Gasteiger partial charge in [-0.1, -0.05) is 115 Å². The third kappa shape index (κ3) is 4.15. The van der Waals surface area contributed by atoms with Gasteiger partial charge in [0.2, 0.25) is 11.7 Å². The second-order valence-corrected chi connectivity index (χ2v) is 13.0.